The molecule has 1 radical (unpaired) electrons. The Bertz CT molecular complexity index is 1570. The molecule has 2 aromatic carbocycles. The van der Waals surface area contributed by atoms with Crippen molar-refractivity contribution in [1.29, 1.82) is 0 Å². The predicted molar refractivity (Wildman–Crippen MR) is 166 cm³/mol. The van der Waals surface area contributed by atoms with Crippen LogP contribution in [0.3, 0.4) is 0 Å². The first-order valence-corrected chi connectivity index (χ1v) is 14.6. The van der Waals surface area contributed by atoms with Gasteiger partial charge in [0.15, 0.2) is 0 Å². The van der Waals surface area contributed by atoms with Gasteiger partial charge in [0.2, 0.25) is 11.6 Å². The minimum atomic E-state index is -0.0614. The van der Waals surface area contributed by atoms with Gasteiger partial charge in [-0.1, -0.05) is 67.2 Å². The van der Waals surface area contributed by atoms with Crippen molar-refractivity contribution in [3.8, 4) is 0 Å². The van der Waals surface area contributed by atoms with Crippen molar-refractivity contribution in [2.24, 2.45) is 4.30 Å². The summed E-state index contributed by atoms with van der Waals surface area (Å²) in [4.78, 5) is 33.3. The SMILES string of the molecule is O=C1c2ccc(Cl)cc2C(Br)C(Br)c2cccnc21.O=C1c2ccc(Cl)cc2CCc2cccnc21.[B]=NS. The van der Waals surface area contributed by atoms with Crippen molar-refractivity contribution < 1.29 is 9.59 Å². The van der Waals surface area contributed by atoms with E-state index in [1.807, 2.05) is 36.4 Å². The molecule has 195 valence electrons. The van der Waals surface area contributed by atoms with Crippen LogP contribution in [-0.4, -0.2) is 29.2 Å². The number of rotatable bonds is 0. The number of alkyl halides is 2. The molecule has 0 saturated heterocycles. The van der Waals surface area contributed by atoms with E-state index in [0.29, 0.717) is 27.0 Å². The zero-order chi connectivity index (χ0) is 28.1. The molecular weight excluding hydrogens is 684 g/mol. The number of hydrogen-bond acceptors (Lipinski definition) is 6. The summed E-state index contributed by atoms with van der Waals surface area (Å²) in [5, 5.41) is 1.30. The number of hydrogen-bond donors (Lipinski definition) is 1. The van der Waals surface area contributed by atoms with Crippen molar-refractivity contribution in [3.63, 3.8) is 0 Å². The number of carbonyl (C=O) groups excluding carboxylic acids is 2. The monoisotopic (exact) mass is 700 g/mol. The second-order valence-corrected chi connectivity index (χ2v) is 11.6. The van der Waals surface area contributed by atoms with E-state index >= 15 is 0 Å². The number of fused-ring (bicyclic) bond motifs is 4. The van der Waals surface area contributed by atoms with E-state index in [9.17, 15) is 9.59 Å². The van der Waals surface area contributed by atoms with Gasteiger partial charge in [0.25, 0.3) is 0 Å². The zero-order valence-corrected chi connectivity index (χ0v) is 25.8. The number of carbonyl (C=O) groups is 2. The standard InChI is InChI=1S/C14H8Br2ClNO.C14H10ClNO.BHNS/c15-11-9-2-1-5-18-13(9)14(19)8-4-3-7(17)6-10(8)12(11)16;15-11-5-6-12-10(8-11)4-3-9-2-1-7-16-13(9)14(12)17;1-2-3/h1-6,11-12H;1-2,5-8H,3-4H2;3H. The molecular formula is C28H19BBr2Cl2N3O2S. The van der Waals surface area contributed by atoms with Crippen LogP contribution >= 0.6 is 67.9 Å². The molecule has 2 aliphatic rings. The molecule has 11 heteroatoms. The Morgan fingerprint density at radius 3 is 2.03 bits per heavy atom. The van der Waals surface area contributed by atoms with Gasteiger partial charge in [-0.05, 0) is 83.6 Å². The Morgan fingerprint density at radius 1 is 0.769 bits per heavy atom. The molecule has 2 aromatic heterocycles. The third-order valence-corrected chi connectivity index (χ3v) is 9.47. The number of benzene rings is 2. The number of pyridine rings is 2. The molecule has 0 bridgehead atoms. The first-order valence-electron chi connectivity index (χ1n) is 11.6. The van der Waals surface area contributed by atoms with Crippen LogP contribution in [0.4, 0.5) is 0 Å². The van der Waals surface area contributed by atoms with Crippen LogP contribution < -0.4 is 0 Å². The van der Waals surface area contributed by atoms with Crippen LogP contribution in [0.25, 0.3) is 0 Å². The fourth-order valence-electron chi connectivity index (χ4n) is 4.47. The number of thiol groups is 1. The van der Waals surface area contributed by atoms with Gasteiger partial charge in [-0.3, -0.25) is 19.6 Å². The van der Waals surface area contributed by atoms with Crippen LogP contribution in [0.15, 0.2) is 77.4 Å². The molecule has 5 nitrogen and oxygen atoms in total. The van der Waals surface area contributed by atoms with Crippen molar-refractivity contribution in [2.45, 2.75) is 22.5 Å². The molecule has 0 amide bonds. The fourth-order valence-corrected chi connectivity index (χ4v) is 6.17. The van der Waals surface area contributed by atoms with Crippen molar-refractivity contribution in [3.05, 3.63) is 128 Å². The van der Waals surface area contributed by atoms with Crippen LogP contribution in [0.1, 0.15) is 64.0 Å². The third kappa shape index (κ3) is 6.60. The molecule has 39 heavy (non-hydrogen) atoms. The summed E-state index contributed by atoms with van der Waals surface area (Å²) in [6.45, 7) is 0. The molecule has 2 unspecified atom stereocenters. The van der Waals surface area contributed by atoms with Gasteiger partial charge < -0.3 is 0 Å². The number of halogens is 4. The predicted octanol–water partition coefficient (Wildman–Crippen LogP) is 8.10. The fraction of sp³-hybridized carbons (Fsp3) is 0.143. The van der Waals surface area contributed by atoms with Crippen LogP contribution in [-0.2, 0) is 12.8 Å². The van der Waals surface area contributed by atoms with Crippen LogP contribution in [0.2, 0.25) is 10.0 Å². The minimum absolute atomic E-state index is 0.00441. The van der Waals surface area contributed by atoms with Crippen molar-refractivity contribution >= 4 is 87.1 Å². The van der Waals surface area contributed by atoms with E-state index in [4.69, 9.17) is 23.2 Å². The van der Waals surface area contributed by atoms with Crippen molar-refractivity contribution in [2.75, 3.05) is 0 Å². The molecule has 0 fully saturated rings. The summed E-state index contributed by atoms with van der Waals surface area (Å²) < 4.78 is 2.69. The average molecular weight is 703 g/mol. The molecule has 2 heterocycles. The topological polar surface area (TPSA) is 72.3 Å². The Morgan fingerprint density at radius 2 is 1.31 bits per heavy atom. The third-order valence-electron chi connectivity index (χ3n) is 6.25. The Balaban J connectivity index is 0.000000165. The number of aryl methyl sites for hydroxylation is 2. The van der Waals surface area contributed by atoms with E-state index in [1.54, 1.807) is 36.7 Å². The molecule has 0 saturated carbocycles. The summed E-state index contributed by atoms with van der Waals surface area (Å²) in [5.74, 6) is -0.0570. The maximum absolute atomic E-state index is 12.6. The second kappa shape index (κ2) is 13.5. The first kappa shape index (κ1) is 29.8. The summed E-state index contributed by atoms with van der Waals surface area (Å²) in [6.07, 6.45) is 4.97. The van der Waals surface area contributed by atoms with Gasteiger partial charge in [0.1, 0.15) is 11.4 Å². The zero-order valence-electron chi connectivity index (χ0n) is 20.2. The summed E-state index contributed by atoms with van der Waals surface area (Å²) >= 11 is 22.5. The number of aromatic nitrogens is 2. The number of ketones is 2. The molecule has 4 aromatic rings. The summed E-state index contributed by atoms with van der Waals surface area (Å²) in [6, 6.07) is 18.3. The maximum atomic E-state index is 12.6. The quantitative estimate of drug-likeness (QED) is 0.114. The second-order valence-electron chi connectivity index (χ2n) is 8.56. The van der Waals surface area contributed by atoms with E-state index < -0.39 is 0 Å². The van der Waals surface area contributed by atoms with Crippen molar-refractivity contribution in [1.82, 2.24) is 9.97 Å². The molecule has 0 aliphatic heterocycles. The first-order chi connectivity index (χ1) is 18.8. The van der Waals surface area contributed by atoms with E-state index in [1.165, 1.54) is 0 Å². The summed E-state index contributed by atoms with van der Waals surface area (Å²) in [7, 11) is 4.34. The van der Waals surface area contributed by atoms with E-state index in [0.717, 1.165) is 40.7 Å². The van der Waals surface area contributed by atoms with Gasteiger partial charge in [-0.15, -0.1) is 0 Å². The molecule has 0 N–H and O–H groups in total. The Labute approximate surface area is 259 Å². The molecule has 0 spiro atoms. The normalized spacial score (nSPS) is 16.8. The average Bonchev–Trinajstić information content (AvgIpc) is 3.13. The Kier molecular flexibility index (Phi) is 10.3. The van der Waals surface area contributed by atoms with Crippen LogP contribution in [0.5, 0.6) is 0 Å². The summed E-state index contributed by atoms with van der Waals surface area (Å²) in [5.41, 5.74) is 6.26. The van der Waals surface area contributed by atoms with E-state index in [-0.39, 0.29) is 21.2 Å². The van der Waals surface area contributed by atoms with E-state index in [2.05, 4.69) is 66.6 Å². The van der Waals surface area contributed by atoms with Gasteiger partial charge in [-0.25, -0.2) is 0 Å². The Hall–Kier alpha value is -2.17. The van der Waals surface area contributed by atoms with Gasteiger partial charge in [0.05, 0.1) is 9.65 Å². The molecule has 2 aliphatic carbocycles. The molecule has 6 rings (SSSR count). The molecule has 2 atom stereocenters. The van der Waals surface area contributed by atoms with Gasteiger partial charge >= 0.3 is 24.8 Å². The van der Waals surface area contributed by atoms with Crippen LogP contribution in [0, 0.1) is 0 Å². The number of nitrogens with zero attached hydrogens (tertiary/aromatic N) is 3. The van der Waals surface area contributed by atoms with Gasteiger partial charge in [0, 0.05) is 33.6 Å². The van der Waals surface area contributed by atoms with Gasteiger partial charge in [-0.2, -0.15) is 0 Å².